The first-order chi connectivity index (χ1) is 7.31. The van der Waals surface area contributed by atoms with E-state index in [-0.39, 0.29) is 12.5 Å². The minimum Gasteiger partial charge on any atom is -0.465 e. The molecule has 0 amide bonds. The van der Waals surface area contributed by atoms with Crippen molar-refractivity contribution in [1.82, 2.24) is 14.5 Å². The molecule has 2 aromatic rings. The zero-order chi connectivity index (χ0) is 10.7. The molecule has 0 N–H and O–H groups in total. The summed E-state index contributed by atoms with van der Waals surface area (Å²) < 4.78 is 6.61. The minimum absolute atomic E-state index is 0.189. The number of carbonyl (C=O) groups excluding carboxylic acids is 1. The van der Waals surface area contributed by atoms with Crippen molar-refractivity contribution in [2.75, 3.05) is 6.61 Å². The molecule has 0 bridgehead atoms. The number of imidazole rings is 1. The van der Waals surface area contributed by atoms with Crippen LogP contribution in [0.1, 0.15) is 6.92 Å². The van der Waals surface area contributed by atoms with Gasteiger partial charge in [-0.3, -0.25) is 9.78 Å². The molecule has 2 aromatic heterocycles. The van der Waals surface area contributed by atoms with E-state index in [1.54, 1.807) is 30.2 Å². The van der Waals surface area contributed by atoms with Crippen LogP contribution in [0, 0.1) is 0 Å². The molecule has 0 aromatic carbocycles. The van der Waals surface area contributed by atoms with E-state index >= 15 is 0 Å². The number of hydrogen-bond donors (Lipinski definition) is 0. The fraction of sp³-hybridized carbons (Fsp3) is 0.300. The Kier molecular flexibility index (Phi) is 2.62. The molecule has 0 aliphatic carbocycles. The second kappa shape index (κ2) is 4.08. The number of hydrogen-bond acceptors (Lipinski definition) is 4. The van der Waals surface area contributed by atoms with Crippen LogP contribution < -0.4 is 0 Å². The van der Waals surface area contributed by atoms with Crippen LogP contribution in [-0.4, -0.2) is 27.1 Å². The van der Waals surface area contributed by atoms with Crippen LogP contribution in [0.4, 0.5) is 0 Å². The first-order valence-electron chi connectivity index (χ1n) is 4.71. The maximum absolute atomic E-state index is 11.3. The number of aromatic nitrogens is 3. The van der Waals surface area contributed by atoms with Crippen LogP contribution in [-0.2, 0) is 16.1 Å². The molecule has 2 rings (SSSR count). The van der Waals surface area contributed by atoms with Gasteiger partial charge in [0, 0.05) is 6.20 Å². The predicted octanol–water partition coefficient (Wildman–Crippen LogP) is 0.994. The van der Waals surface area contributed by atoms with E-state index in [4.69, 9.17) is 4.74 Å². The summed E-state index contributed by atoms with van der Waals surface area (Å²) in [7, 11) is 0. The Labute approximate surface area is 86.7 Å². The maximum atomic E-state index is 11.3. The van der Waals surface area contributed by atoms with E-state index < -0.39 is 0 Å². The van der Waals surface area contributed by atoms with Crippen LogP contribution >= 0.6 is 0 Å². The number of fused-ring (bicyclic) bond motifs is 1. The summed E-state index contributed by atoms with van der Waals surface area (Å²) >= 11 is 0. The first kappa shape index (κ1) is 9.64. The van der Waals surface area contributed by atoms with Gasteiger partial charge in [-0.1, -0.05) is 0 Å². The van der Waals surface area contributed by atoms with Gasteiger partial charge in [-0.05, 0) is 13.0 Å². The average molecular weight is 205 g/mol. The molecule has 0 aliphatic rings. The smallest absolute Gasteiger partial charge is 0.325 e. The highest BCUT2D eigenvalue weighted by Gasteiger charge is 2.06. The Bertz CT molecular complexity index is 478. The quantitative estimate of drug-likeness (QED) is 0.701. The van der Waals surface area contributed by atoms with Crippen molar-refractivity contribution in [3.05, 3.63) is 24.8 Å². The molecular weight excluding hydrogens is 194 g/mol. The van der Waals surface area contributed by atoms with Crippen LogP contribution in [0.5, 0.6) is 0 Å². The molecule has 0 spiro atoms. The second-order valence-electron chi connectivity index (χ2n) is 3.04. The summed E-state index contributed by atoms with van der Waals surface area (Å²) in [5, 5.41) is 0. The van der Waals surface area contributed by atoms with E-state index in [1.165, 1.54) is 0 Å². The predicted molar refractivity (Wildman–Crippen MR) is 54.2 cm³/mol. The van der Waals surface area contributed by atoms with Gasteiger partial charge in [0.15, 0.2) is 0 Å². The Balaban J connectivity index is 2.25. The molecule has 0 fully saturated rings. The van der Waals surface area contributed by atoms with Crippen molar-refractivity contribution >= 4 is 17.0 Å². The molecule has 0 unspecified atom stereocenters. The lowest BCUT2D eigenvalue weighted by Gasteiger charge is -2.03. The van der Waals surface area contributed by atoms with E-state index in [0.29, 0.717) is 6.61 Å². The monoisotopic (exact) mass is 205 g/mol. The van der Waals surface area contributed by atoms with E-state index in [9.17, 15) is 4.79 Å². The topological polar surface area (TPSA) is 57.0 Å². The zero-order valence-corrected chi connectivity index (χ0v) is 8.38. The Hall–Kier alpha value is -1.91. The third-order valence-corrected chi connectivity index (χ3v) is 2.03. The number of carbonyl (C=O) groups is 1. The Morgan fingerprint density at radius 3 is 3.27 bits per heavy atom. The van der Waals surface area contributed by atoms with Crippen molar-refractivity contribution < 1.29 is 9.53 Å². The highest BCUT2D eigenvalue weighted by molar-refractivity contribution is 5.77. The van der Waals surface area contributed by atoms with Gasteiger partial charge in [0.2, 0.25) is 0 Å². The Morgan fingerprint density at radius 2 is 2.47 bits per heavy atom. The van der Waals surface area contributed by atoms with Crippen LogP contribution in [0.2, 0.25) is 0 Å². The van der Waals surface area contributed by atoms with Gasteiger partial charge in [0.05, 0.1) is 24.6 Å². The van der Waals surface area contributed by atoms with E-state index in [2.05, 4.69) is 9.97 Å². The van der Waals surface area contributed by atoms with E-state index in [0.717, 1.165) is 11.0 Å². The third kappa shape index (κ3) is 1.96. The average Bonchev–Trinajstić information content (AvgIpc) is 2.62. The van der Waals surface area contributed by atoms with Crippen LogP contribution in [0.25, 0.3) is 11.0 Å². The van der Waals surface area contributed by atoms with Crippen molar-refractivity contribution in [3.8, 4) is 0 Å². The highest BCUT2D eigenvalue weighted by Crippen LogP contribution is 2.09. The minimum atomic E-state index is -0.256. The number of ether oxygens (including phenoxy) is 1. The molecule has 5 heteroatoms. The lowest BCUT2D eigenvalue weighted by Crippen LogP contribution is -2.12. The highest BCUT2D eigenvalue weighted by atomic mass is 16.5. The lowest BCUT2D eigenvalue weighted by molar-refractivity contribution is -0.143. The second-order valence-corrected chi connectivity index (χ2v) is 3.04. The summed E-state index contributed by atoms with van der Waals surface area (Å²) in [6.45, 7) is 2.37. The summed E-state index contributed by atoms with van der Waals surface area (Å²) in [5.74, 6) is -0.256. The van der Waals surface area contributed by atoms with Gasteiger partial charge < -0.3 is 9.30 Å². The molecule has 0 radical (unpaired) electrons. The molecular formula is C10H11N3O2. The van der Waals surface area contributed by atoms with Crippen molar-refractivity contribution in [2.24, 2.45) is 0 Å². The first-order valence-corrected chi connectivity index (χ1v) is 4.71. The fourth-order valence-electron chi connectivity index (χ4n) is 1.39. The SMILES string of the molecule is CCOC(=O)Cn1cnc2cnccc21. The third-order valence-electron chi connectivity index (χ3n) is 2.03. The number of nitrogens with zero attached hydrogens (tertiary/aromatic N) is 3. The molecule has 0 saturated carbocycles. The van der Waals surface area contributed by atoms with Crippen molar-refractivity contribution in [1.29, 1.82) is 0 Å². The van der Waals surface area contributed by atoms with Gasteiger partial charge in [0.1, 0.15) is 12.1 Å². The molecule has 0 saturated heterocycles. The van der Waals surface area contributed by atoms with Crippen molar-refractivity contribution in [3.63, 3.8) is 0 Å². The molecule has 15 heavy (non-hydrogen) atoms. The standard InChI is InChI=1S/C10H11N3O2/c1-2-15-10(14)6-13-7-12-8-5-11-4-3-9(8)13/h3-5,7H,2,6H2,1H3. The van der Waals surface area contributed by atoms with Crippen molar-refractivity contribution in [2.45, 2.75) is 13.5 Å². The molecule has 2 heterocycles. The molecule has 0 atom stereocenters. The largest absolute Gasteiger partial charge is 0.465 e. The Morgan fingerprint density at radius 1 is 1.60 bits per heavy atom. The lowest BCUT2D eigenvalue weighted by atomic mass is 10.4. The molecule has 0 aliphatic heterocycles. The van der Waals surface area contributed by atoms with Crippen LogP contribution in [0.15, 0.2) is 24.8 Å². The summed E-state index contributed by atoms with van der Waals surface area (Å²) in [6, 6.07) is 1.82. The summed E-state index contributed by atoms with van der Waals surface area (Å²) in [5.41, 5.74) is 1.67. The van der Waals surface area contributed by atoms with E-state index in [1.807, 2.05) is 6.07 Å². The number of esters is 1. The maximum Gasteiger partial charge on any atom is 0.325 e. The van der Waals surface area contributed by atoms with Gasteiger partial charge >= 0.3 is 5.97 Å². The van der Waals surface area contributed by atoms with Gasteiger partial charge in [0.25, 0.3) is 0 Å². The van der Waals surface area contributed by atoms with Gasteiger partial charge in [-0.2, -0.15) is 0 Å². The number of rotatable bonds is 3. The summed E-state index contributed by atoms with van der Waals surface area (Å²) in [6.07, 6.45) is 4.95. The number of pyridine rings is 1. The van der Waals surface area contributed by atoms with Gasteiger partial charge in [-0.15, -0.1) is 0 Å². The van der Waals surface area contributed by atoms with Gasteiger partial charge in [-0.25, -0.2) is 4.98 Å². The molecule has 78 valence electrons. The van der Waals surface area contributed by atoms with Crippen LogP contribution in [0.3, 0.4) is 0 Å². The fourth-order valence-corrected chi connectivity index (χ4v) is 1.39. The molecule has 5 nitrogen and oxygen atoms in total. The normalized spacial score (nSPS) is 10.5. The summed E-state index contributed by atoms with van der Waals surface area (Å²) in [4.78, 5) is 19.3. The zero-order valence-electron chi connectivity index (χ0n) is 8.38.